The Labute approximate surface area is 102 Å². The fourth-order valence-electron chi connectivity index (χ4n) is 2.64. The van der Waals surface area contributed by atoms with Crippen LogP contribution in [0.3, 0.4) is 0 Å². The topological polar surface area (TPSA) is 70.2 Å². The number of amides is 2. The summed E-state index contributed by atoms with van der Waals surface area (Å²) in [6.45, 7) is 0.497. The van der Waals surface area contributed by atoms with E-state index in [9.17, 15) is 9.59 Å². The maximum atomic E-state index is 11.9. The zero-order chi connectivity index (χ0) is 12.3. The summed E-state index contributed by atoms with van der Waals surface area (Å²) >= 11 is 0. The third kappa shape index (κ3) is 3.19. The first-order chi connectivity index (χ1) is 8.19. The van der Waals surface area contributed by atoms with Gasteiger partial charge in [-0.3, -0.25) is 9.59 Å². The van der Waals surface area contributed by atoms with Crippen LogP contribution in [0.2, 0.25) is 0 Å². The molecule has 1 atom stereocenters. The molecule has 1 unspecified atom stereocenters. The maximum Gasteiger partial charge on any atom is 0.225 e. The fourth-order valence-corrected chi connectivity index (χ4v) is 2.64. The van der Waals surface area contributed by atoms with Crippen LogP contribution in [0.4, 0.5) is 0 Å². The molecule has 0 aromatic rings. The van der Waals surface area contributed by atoms with E-state index in [0.29, 0.717) is 25.0 Å². The highest BCUT2D eigenvalue weighted by molar-refractivity contribution is 5.89. The highest BCUT2D eigenvalue weighted by Gasteiger charge is 2.30. The highest BCUT2D eigenvalue weighted by Crippen LogP contribution is 2.19. The van der Waals surface area contributed by atoms with Crippen molar-refractivity contribution in [2.75, 3.05) is 13.6 Å². The summed E-state index contributed by atoms with van der Waals surface area (Å²) in [5.74, 6) is -0.134. The highest BCUT2D eigenvalue weighted by atomic mass is 16.2. The van der Waals surface area contributed by atoms with Crippen LogP contribution in [-0.4, -0.2) is 37.5 Å². The van der Waals surface area contributed by atoms with Crippen molar-refractivity contribution in [1.82, 2.24) is 16.0 Å². The summed E-state index contributed by atoms with van der Waals surface area (Å²) in [6.07, 6.45) is 4.64. The molecule has 2 rings (SSSR count). The van der Waals surface area contributed by atoms with Crippen LogP contribution in [0.5, 0.6) is 0 Å². The van der Waals surface area contributed by atoms with Crippen molar-refractivity contribution in [2.24, 2.45) is 5.92 Å². The van der Waals surface area contributed by atoms with E-state index in [0.717, 1.165) is 25.7 Å². The second-order valence-electron chi connectivity index (χ2n) is 5.05. The molecule has 17 heavy (non-hydrogen) atoms. The molecule has 5 heteroatoms. The van der Waals surface area contributed by atoms with E-state index < -0.39 is 0 Å². The lowest BCUT2D eigenvalue weighted by atomic mass is 9.91. The molecule has 96 valence electrons. The average Bonchev–Trinajstić information content (AvgIpc) is 2.77. The fraction of sp³-hybridized carbons (Fsp3) is 0.833. The molecule has 3 N–H and O–H groups in total. The number of carbonyl (C=O) groups excluding carboxylic acids is 2. The summed E-state index contributed by atoms with van der Waals surface area (Å²) in [7, 11) is 1.99. The van der Waals surface area contributed by atoms with Gasteiger partial charge in [-0.2, -0.15) is 0 Å². The lowest BCUT2D eigenvalue weighted by molar-refractivity contribution is -0.127. The summed E-state index contributed by atoms with van der Waals surface area (Å²) in [4.78, 5) is 22.9. The maximum absolute atomic E-state index is 11.9. The number of hydrogen-bond donors (Lipinski definition) is 3. The van der Waals surface area contributed by atoms with Crippen LogP contribution in [-0.2, 0) is 9.59 Å². The molecule has 1 aliphatic heterocycles. The molecule has 1 heterocycles. The van der Waals surface area contributed by atoms with Crippen LogP contribution in [0.1, 0.15) is 32.1 Å². The minimum Gasteiger partial charge on any atom is -0.355 e. The monoisotopic (exact) mass is 239 g/mol. The van der Waals surface area contributed by atoms with Gasteiger partial charge in [0.15, 0.2) is 0 Å². The Morgan fingerprint density at radius 1 is 1.24 bits per heavy atom. The minimum absolute atomic E-state index is 0.0101. The minimum atomic E-state index is -0.162. The Morgan fingerprint density at radius 2 is 1.88 bits per heavy atom. The Morgan fingerprint density at radius 3 is 2.41 bits per heavy atom. The van der Waals surface area contributed by atoms with Crippen molar-refractivity contribution in [1.29, 1.82) is 0 Å². The lowest BCUT2D eigenvalue weighted by Crippen LogP contribution is -2.43. The molecule has 5 nitrogen and oxygen atoms in total. The van der Waals surface area contributed by atoms with E-state index in [1.165, 1.54) is 0 Å². The van der Waals surface area contributed by atoms with E-state index >= 15 is 0 Å². The Kier molecular flexibility index (Phi) is 3.99. The molecule has 1 aliphatic carbocycles. The molecule has 2 aliphatic rings. The van der Waals surface area contributed by atoms with Gasteiger partial charge in [0.25, 0.3) is 0 Å². The first kappa shape index (κ1) is 12.4. The van der Waals surface area contributed by atoms with Crippen molar-refractivity contribution in [3.63, 3.8) is 0 Å². The molecular weight excluding hydrogens is 218 g/mol. The molecule has 1 saturated carbocycles. The van der Waals surface area contributed by atoms with Crippen molar-refractivity contribution >= 4 is 11.8 Å². The van der Waals surface area contributed by atoms with E-state index in [1.807, 2.05) is 7.05 Å². The molecular formula is C12H21N3O2. The average molecular weight is 239 g/mol. The van der Waals surface area contributed by atoms with E-state index in [-0.39, 0.29) is 17.7 Å². The molecule has 0 bridgehead atoms. The quantitative estimate of drug-likeness (QED) is 0.637. The molecule has 2 amide bonds. The zero-order valence-electron chi connectivity index (χ0n) is 10.3. The van der Waals surface area contributed by atoms with Gasteiger partial charge < -0.3 is 16.0 Å². The number of rotatable bonds is 3. The second kappa shape index (κ2) is 5.49. The van der Waals surface area contributed by atoms with Crippen LogP contribution in [0, 0.1) is 5.92 Å². The molecule has 1 saturated heterocycles. The Balaban J connectivity index is 1.74. The van der Waals surface area contributed by atoms with Crippen LogP contribution >= 0.6 is 0 Å². The standard InChI is InChI=1S/C12H21N3O2/c1-13-9-2-4-10(5-3-9)15-12(17)8-6-11(16)14-7-8/h8-10,13H,2-7H2,1H3,(H,14,16)(H,15,17). The summed E-state index contributed by atoms with van der Waals surface area (Å²) < 4.78 is 0. The molecule has 0 spiro atoms. The molecule has 2 fully saturated rings. The number of carbonyl (C=O) groups is 2. The van der Waals surface area contributed by atoms with E-state index in [4.69, 9.17) is 0 Å². The van der Waals surface area contributed by atoms with Crippen molar-refractivity contribution in [3.05, 3.63) is 0 Å². The Bertz CT molecular complexity index is 298. The zero-order valence-corrected chi connectivity index (χ0v) is 10.3. The summed E-state index contributed by atoms with van der Waals surface area (Å²) in [6, 6.07) is 0.890. The number of hydrogen-bond acceptors (Lipinski definition) is 3. The largest absolute Gasteiger partial charge is 0.355 e. The summed E-state index contributed by atoms with van der Waals surface area (Å²) in [5, 5.41) is 9.03. The first-order valence-electron chi connectivity index (χ1n) is 6.43. The summed E-state index contributed by atoms with van der Waals surface area (Å²) in [5.41, 5.74) is 0. The predicted octanol–water partition coefficient (Wildman–Crippen LogP) is -0.231. The normalized spacial score (nSPS) is 33.2. The third-order valence-corrected chi connectivity index (χ3v) is 3.83. The van der Waals surface area contributed by atoms with Gasteiger partial charge >= 0.3 is 0 Å². The van der Waals surface area contributed by atoms with Gasteiger partial charge in [0.1, 0.15) is 0 Å². The van der Waals surface area contributed by atoms with Gasteiger partial charge in [0.2, 0.25) is 11.8 Å². The van der Waals surface area contributed by atoms with Crippen LogP contribution < -0.4 is 16.0 Å². The van der Waals surface area contributed by atoms with Crippen LogP contribution in [0.15, 0.2) is 0 Å². The van der Waals surface area contributed by atoms with Gasteiger partial charge in [0.05, 0.1) is 5.92 Å². The van der Waals surface area contributed by atoms with E-state index in [2.05, 4.69) is 16.0 Å². The molecule has 0 aromatic heterocycles. The van der Waals surface area contributed by atoms with Gasteiger partial charge in [-0.15, -0.1) is 0 Å². The van der Waals surface area contributed by atoms with Crippen molar-refractivity contribution in [3.8, 4) is 0 Å². The number of nitrogens with one attached hydrogen (secondary N) is 3. The SMILES string of the molecule is CNC1CCC(NC(=O)C2CNC(=O)C2)CC1. The predicted molar refractivity (Wildman–Crippen MR) is 64.4 cm³/mol. The molecule has 0 radical (unpaired) electrons. The Hall–Kier alpha value is -1.10. The van der Waals surface area contributed by atoms with E-state index in [1.54, 1.807) is 0 Å². The first-order valence-corrected chi connectivity index (χ1v) is 6.43. The van der Waals surface area contributed by atoms with Gasteiger partial charge in [-0.25, -0.2) is 0 Å². The van der Waals surface area contributed by atoms with Crippen molar-refractivity contribution < 1.29 is 9.59 Å². The third-order valence-electron chi connectivity index (χ3n) is 3.83. The van der Waals surface area contributed by atoms with Crippen LogP contribution in [0.25, 0.3) is 0 Å². The van der Waals surface area contributed by atoms with Gasteiger partial charge in [0, 0.05) is 25.0 Å². The van der Waals surface area contributed by atoms with Gasteiger partial charge in [-0.1, -0.05) is 0 Å². The lowest BCUT2D eigenvalue weighted by Gasteiger charge is -2.29. The smallest absolute Gasteiger partial charge is 0.225 e. The van der Waals surface area contributed by atoms with Gasteiger partial charge in [-0.05, 0) is 32.7 Å². The second-order valence-corrected chi connectivity index (χ2v) is 5.05. The van der Waals surface area contributed by atoms with Crippen molar-refractivity contribution in [2.45, 2.75) is 44.2 Å². The molecule has 0 aromatic carbocycles.